The highest BCUT2D eigenvalue weighted by Gasteiger charge is 2.30. The number of hydrogen-bond donors (Lipinski definition) is 1. The molecule has 0 aliphatic heterocycles. The molecule has 0 spiro atoms. The number of hydrogen-bond acceptors (Lipinski definition) is 4. The minimum absolute atomic E-state index is 0.133. The molecule has 0 bridgehead atoms. The summed E-state index contributed by atoms with van der Waals surface area (Å²) in [7, 11) is 0. The smallest absolute Gasteiger partial charge is 0.416 e. The summed E-state index contributed by atoms with van der Waals surface area (Å²) < 4.78 is 44.5. The number of rotatable bonds is 5. The van der Waals surface area contributed by atoms with Crippen LogP contribution >= 0.6 is 0 Å². The van der Waals surface area contributed by atoms with Gasteiger partial charge in [-0.15, -0.1) is 0 Å². The molecule has 0 saturated carbocycles. The Morgan fingerprint density at radius 2 is 1.96 bits per heavy atom. The Kier molecular flexibility index (Phi) is 5.34. The van der Waals surface area contributed by atoms with Gasteiger partial charge >= 0.3 is 12.1 Å². The van der Waals surface area contributed by atoms with E-state index in [0.717, 1.165) is 16.8 Å². The van der Waals surface area contributed by atoms with Crippen molar-refractivity contribution in [2.45, 2.75) is 19.5 Å². The highest BCUT2D eigenvalue weighted by molar-refractivity contribution is 5.88. The summed E-state index contributed by atoms with van der Waals surface area (Å²) in [5, 5.41) is 2.64. The van der Waals surface area contributed by atoms with Crippen molar-refractivity contribution in [1.82, 2.24) is 14.8 Å². The van der Waals surface area contributed by atoms with Gasteiger partial charge in [-0.05, 0) is 42.7 Å². The van der Waals surface area contributed by atoms with Crippen LogP contribution in [-0.2, 0) is 17.3 Å². The molecule has 28 heavy (non-hydrogen) atoms. The SMILES string of the molecule is CCOC(=O)c1c[nH]n(-c2cc(Cc3cccc(C(F)(F)F)c3)ccn2)c1=O. The van der Waals surface area contributed by atoms with Crippen molar-refractivity contribution in [3.05, 3.63) is 81.4 Å². The maximum Gasteiger partial charge on any atom is 0.416 e. The van der Waals surface area contributed by atoms with E-state index in [9.17, 15) is 22.8 Å². The van der Waals surface area contributed by atoms with Gasteiger partial charge in [0.2, 0.25) is 0 Å². The lowest BCUT2D eigenvalue weighted by molar-refractivity contribution is -0.137. The number of carbonyl (C=O) groups excluding carboxylic acids is 1. The summed E-state index contributed by atoms with van der Waals surface area (Å²) in [6, 6.07) is 8.24. The van der Waals surface area contributed by atoms with E-state index in [1.165, 1.54) is 18.5 Å². The zero-order valence-electron chi connectivity index (χ0n) is 14.8. The third-order valence-corrected chi connectivity index (χ3v) is 3.97. The average Bonchev–Trinajstić information content (AvgIpc) is 3.03. The van der Waals surface area contributed by atoms with Crippen LogP contribution in [0.15, 0.2) is 53.6 Å². The summed E-state index contributed by atoms with van der Waals surface area (Å²) >= 11 is 0. The maximum atomic E-state index is 12.9. The van der Waals surface area contributed by atoms with Crippen LogP contribution in [0.5, 0.6) is 0 Å². The first kappa shape index (κ1) is 19.4. The Labute approximate surface area is 157 Å². The molecule has 146 valence electrons. The van der Waals surface area contributed by atoms with Crippen molar-refractivity contribution < 1.29 is 22.7 Å². The molecule has 0 radical (unpaired) electrons. The van der Waals surface area contributed by atoms with Crippen LogP contribution in [-0.4, -0.2) is 27.3 Å². The second kappa shape index (κ2) is 7.71. The Morgan fingerprint density at radius 3 is 2.68 bits per heavy atom. The van der Waals surface area contributed by atoms with Crippen molar-refractivity contribution in [3.63, 3.8) is 0 Å². The summed E-state index contributed by atoms with van der Waals surface area (Å²) in [5.74, 6) is -0.535. The number of esters is 1. The molecule has 3 rings (SSSR count). The Hall–Kier alpha value is -3.36. The number of nitrogens with one attached hydrogen (secondary N) is 1. The monoisotopic (exact) mass is 391 g/mol. The largest absolute Gasteiger partial charge is 0.462 e. The summed E-state index contributed by atoms with van der Waals surface area (Å²) in [4.78, 5) is 28.2. The highest BCUT2D eigenvalue weighted by atomic mass is 19.4. The molecule has 0 saturated heterocycles. The van der Waals surface area contributed by atoms with E-state index in [0.29, 0.717) is 11.1 Å². The Balaban J connectivity index is 1.88. The Bertz CT molecular complexity index is 1050. The van der Waals surface area contributed by atoms with E-state index in [1.807, 2.05) is 0 Å². The van der Waals surface area contributed by atoms with E-state index >= 15 is 0 Å². The molecule has 2 heterocycles. The van der Waals surface area contributed by atoms with Gasteiger partial charge in [0.1, 0.15) is 5.56 Å². The molecule has 2 aromatic heterocycles. The number of nitrogens with zero attached hydrogens (tertiary/aromatic N) is 2. The summed E-state index contributed by atoms with van der Waals surface area (Å²) in [5.41, 5.74) is -0.380. The zero-order chi connectivity index (χ0) is 20.3. The molecule has 0 aliphatic carbocycles. The normalized spacial score (nSPS) is 11.4. The van der Waals surface area contributed by atoms with Crippen LogP contribution in [0.3, 0.4) is 0 Å². The molecule has 1 aromatic carbocycles. The molecule has 3 aromatic rings. The third kappa shape index (κ3) is 4.13. The predicted octanol–water partition coefficient (Wildman–Crippen LogP) is 3.35. The lowest BCUT2D eigenvalue weighted by atomic mass is 10.0. The number of H-pyrrole nitrogens is 1. The van der Waals surface area contributed by atoms with Gasteiger partial charge in [-0.3, -0.25) is 9.89 Å². The molecule has 0 aliphatic rings. The van der Waals surface area contributed by atoms with Crippen LogP contribution < -0.4 is 5.56 Å². The van der Waals surface area contributed by atoms with Gasteiger partial charge in [-0.2, -0.15) is 13.2 Å². The lowest BCUT2D eigenvalue weighted by Crippen LogP contribution is -2.22. The van der Waals surface area contributed by atoms with E-state index in [-0.39, 0.29) is 24.4 Å². The highest BCUT2D eigenvalue weighted by Crippen LogP contribution is 2.30. The van der Waals surface area contributed by atoms with Gasteiger partial charge in [0, 0.05) is 12.4 Å². The molecule has 0 unspecified atom stereocenters. The number of alkyl halides is 3. The third-order valence-electron chi connectivity index (χ3n) is 3.97. The Morgan fingerprint density at radius 1 is 1.21 bits per heavy atom. The second-order valence-electron chi connectivity index (χ2n) is 5.95. The number of pyridine rings is 1. The molecule has 0 atom stereocenters. The average molecular weight is 391 g/mol. The molecule has 1 N–H and O–H groups in total. The first-order chi connectivity index (χ1) is 13.3. The number of aromatic nitrogens is 3. The molecule has 0 fully saturated rings. The standard InChI is InChI=1S/C19H16F3N3O3/c1-2-28-18(27)15-11-24-25(17(15)26)16-10-13(6-7-23-16)8-12-4-3-5-14(9-12)19(20,21)22/h3-7,9-11,24H,2,8H2,1H3. The van der Waals surface area contributed by atoms with E-state index in [2.05, 4.69) is 10.1 Å². The molecule has 9 heteroatoms. The lowest BCUT2D eigenvalue weighted by Gasteiger charge is -2.09. The van der Waals surface area contributed by atoms with Gasteiger partial charge in [0.15, 0.2) is 5.82 Å². The van der Waals surface area contributed by atoms with E-state index < -0.39 is 23.3 Å². The molecule has 6 nitrogen and oxygen atoms in total. The van der Waals surface area contributed by atoms with Gasteiger partial charge in [0.25, 0.3) is 5.56 Å². The minimum Gasteiger partial charge on any atom is -0.462 e. The fraction of sp³-hybridized carbons (Fsp3) is 0.211. The van der Waals surface area contributed by atoms with E-state index in [4.69, 9.17) is 4.74 Å². The molecular weight excluding hydrogens is 375 g/mol. The fourth-order valence-electron chi connectivity index (χ4n) is 2.68. The van der Waals surface area contributed by atoms with Crippen molar-refractivity contribution in [1.29, 1.82) is 0 Å². The van der Waals surface area contributed by atoms with E-state index in [1.54, 1.807) is 25.1 Å². The molecule has 0 amide bonds. The predicted molar refractivity (Wildman–Crippen MR) is 94.4 cm³/mol. The topological polar surface area (TPSA) is 77.0 Å². The van der Waals surface area contributed by atoms with Crippen molar-refractivity contribution >= 4 is 5.97 Å². The molecular formula is C19H16F3N3O3. The fourth-order valence-corrected chi connectivity index (χ4v) is 2.68. The first-order valence-corrected chi connectivity index (χ1v) is 8.38. The number of ether oxygens (including phenoxy) is 1. The number of benzene rings is 1. The van der Waals surface area contributed by atoms with Crippen LogP contribution in [0.4, 0.5) is 13.2 Å². The summed E-state index contributed by atoms with van der Waals surface area (Å²) in [6.07, 6.45) is -1.53. The first-order valence-electron chi connectivity index (χ1n) is 8.38. The van der Waals surface area contributed by atoms with Crippen LogP contribution in [0.2, 0.25) is 0 Å². The minimum atomic E-state index is -4.42. The number of aromatic amines is 1. The second-order valence-corrected chi connectivity index (χ2v) is 5.95. The van der Waals surface area contributed by atoms with Crippen molar-refractivity contribution in [2.75, 3.05) is 6.61 Å². The van der Waals surface area contributed by atoms with Gasteiger partial charge in [-0.25, -0.2) is 14.5 Å². The van der Waals surface area contributed by atoms with Gasteiger partial charge in [-0.1, -0.05) is 18.2 Å². The van der Waals surface area contributed by atoms with Crippen LogP contribution in [0.1, 0.15) is 34.0 Å². The zero-order valence-corrected chi connectivity index (χ0v) is 14.8. The van der Waals surface area contributed by atoms with Gasteiger partial charge in [0.05, 0.1) is 12.2 Å². The maximum absolute atomic E-state index is 12.9. The quantitative estimate of drug-likeness (QED) is 0.677. The van der Waals surface area contributed by atoms with Gasteiger partial charge < -0.3 is 4.74 Å². The van der Waals surface area contributed by atoms with Crippen molar-refractivity contribution in [2.24, 2.45) is 0 Å². The number of carbonyl (C=O) groups is 1. The summed E-state index contributed by atoms with van der Waals surface area (Å²) in [6.45, 7) is 1.76. The van der Waals surface area contributed by atoms with Crippen LogP contribution in [0, 0.1) is 0 Å². The van der Waals surface area contributed by atoms with Crippen molar-refractivity contribution in [3.8, 4) is 5.82 Å². The van der Waals surface area contributed by atoms with Crippen LogP contribution in [0.25, 0.3) is 5.82 Å². The number of halogens is 3.